The topological polar surface area (TPSA) is 52.6 Å². The van der Waals surface area contributed by atoms with Crippen molar-refractivity contribution in [2.75, 3.05) is 13.6 Å². The number of carbonyl (C=O) groups excluding carboxylic acids is 1. The van der Waals surface area contributed by atoms with Crippen LogP contribution in [0.2, 0.25) is 5.02 Å². The summed E-state index contributed by atoms with van der Waals surface area (Å²) in [6, 6.07) is 8.00. The summed E-state index contributed by atoms with van der Waals surface area (Å²) in [4.78, 5) is 14.4. The van der Waals surface area contributed by atoms with Gasteiger partial charge in [-0.3, -0.25) is 9.69 Å². The van der Waals surface area contributed by atoms with Gasteiger partial charge in [-0.25, -0.2) is 0 Å². The molecular formula is C17H25ClN2O2. The Balaban J connectivity index is 2.03. The fourth-order valence-corrected chi connectivity index (χ4v) is 3.06. The standard InChI is InChI=1S/C17H25ClN2O2/c1-11(2)15(21)10-16(22)19-14-8-9-20(3)17(14)12-4-6-13(18)7-5-12/h4-7,11,14-15,17,21H,8-10H2,1-3H3,(H,19,22)/t14-,15-,17+/m1/s1. The molecule has 1 aromatic carbocycles. The maximum atomic E-state index is 12.1. The van der Waals surface area contributed by atoms with E-state index in [1.165, 1.54) is 0 Å². The molecule has 0 aromatic heterocycles. The Morgan fingerprint density at radius 3 is 2.64 bits per heavy atom. The molecule has 1 aliphatic heterocycles. The smallest absolute Gasteiger partial charge is 0.222 e. The summed E-state index contributed by atoms with van der Waals surface area (Å²) in [5.74, 6) is 0.00419. The number of halogens is 1. The molecule has 4 nitrogen and oxygen atoms in total. The van der Waals surface area contributed by atoms with Gasteiger partial charge in [-0.05, 0) is 37.1 Å². The lowest BCUT2D eigenvalue weighted by atomic mass is 9.99. The number of benzene rings is 1. The van der Waals surface area contributed by atoms with E-state index in [1.807, 2.05) is 38.1 Å². The second-order valence-corrected chi connectivity index (χ2v) is 6.89. The van der Waals surface area contributed by atoms with Gasteiger partial charge < -0.3 is 10.4 Å². The molecule has 1 saturated heterocycles. The Morgan fingerprint density at radius 2 is 2.05 bits per heavy atom. The monoisotopic (exact) mass is 324 g/mol. The van der Waals surface area contributed by atoms with Crippen LogP contribution in [0.5, 0.6) is 0 Å². The number of amides is 1. The van der Waals surface area contributed by atoms with E-state index < -0.39 is 6.10 Å². The summed E-state index contributed by atoms with van der Waals surface area (Å²) in [6.45, 7) is 4.76. The van der Waals surface area contributed by atoms with Crippen molar-refractivity contribution in [3.8, 4) is 0 Å². The van der Waals surface area contributed by atoms with E-state index in [1.54, 1.807) is 0 Å². The van der Waals surface area contributed by atoms with Crippen LogP contribution in [0.15, 0.2) is 24.3 Å². The predicted octanol–water partition coefficient (Wildman–Crippen LogP) is 2.61. The number of rotatable bonds is 5. The van der Waals surface area contributed by atoms with Crippen LogP contribution in [0.3, 0.4) is 0 Å². The molecule has 1 aliphatic rings. The van der Waals surface area contributed by atoms with E-state index in [9.17, 15) is 9.90 Å². The van der Waals surface area contributed by atoms with E-state index in [2.05, 4.69) is 17.3 Å². The Hall–Kier alpha value is -1.10. The Morgan fingerprint density at radius 1 is 1.41 bits per heavy atom. The summed E-state index contributed by atoms with van der Waals surface area (Å²) < 4.78 is 0. The third-order valence-corrected chi connectivity index (χ3v) is 4.62. The fraction of sp³-hybridized carbons (Fsp3) is 0.588. The summed E-state index contributed by atoms with van der Waals surface area (Å²) in [5.41, 5.74) is 1.15. The SMILES string of the molecule is CC(C)[C@H](O)CC(=O)N[C@@H]1CCN(C)[C@H]1c1ccc(Cl)cc1. The quantitative estimate of drug-likeness (QED) is 0.875. The number of hydrogen-bond donors (Lipinski definition) is 2. The molecule has 3 atom stereocenters. The van der Waals surface area contributed by atoms with Gasteiger partial charge in [0.05, 0.1) is 18.6 Å². The first kappa shape index (κ1) is 17.3. The first-order valence-corrected chi connectivity index (χ1v) is 8.19. The average Bonchev–Trinajstić information content (AvgIpc) is 2.80. The van der Waals surface area contributed by atoms with Gasteiger partial charge >= 0.3 is 0 Å². The summed E-state index contributed by atoms with van der Waals surface area (Å²) in [7, 11) is 2.06. The molecule has 1 fully saturated rings. The third-order valence-electron chi connectivity index (χ3n) is 4.37. The zero-order chi connectivity index (χ0) is 16.3. The Bertz CT molecular complexity index is 504. The van der Waals surface area contributed by atoms with Gasteiger partial charge in [-0.2, -0.15) is 0 Å². The lowest BCUT2D eigenvalue weighted by Gasteiger charge is -2.27. The Kier molecular flexibility index (Phi) is 5.84. The molecule has 0 unspecified atom stereocenters. The lowest BCUT2D eigenvalue weighted by molar-refractivity contribution is -0.124. The fourth-order valence-electron chi connectivity index (χ4n) is 2.94. The number of aliphatic hydroxyl groups is 1. The number of nitrogens with zero attached hydrogens (tertiary/aromatic N) is 1. The molecule has 0 spiro atoms. The maximum Gasteiger partial charge on any atom is 0.222 e. The molecule has 1 heterocycles. The van der Waals surface area contributed by atoms with Crippen molar-refractivity contribution in [2.24, 2.45) is 5.92 Å². The van der Waals surface area contributed by atoms with Crippen LogP contribution in [0.25, 0.3) is 0 Å². The first-order chi connectivity index (χ1) is 10.4. The second-order valence-electron chi connectivity index (χ2n) is 6.46. The van der Waals surface area contributed by atoms with Gasteiger partial charge in [0.2, 0.25) is 5.91 Å². The number of aliphatic hydroxyl groups excluding tert-OH is 1. The van der Waals surface area contributed by atoms with Gasteiger partial charge in [0.15, 0.2) is 0 Å². The minimum Gasteiger partial charge on any atom is -0.392 e. The van der Waals surface area contributed by atoms with Crippen molar-refractivity contribution < 1.29 is 9.90 Å². The van der Waals surface area contributed by atoms with Crippen LogP contribution in [0, 0.1) is 5.92 Å². The van der Waals surface area contributed by atoms with Crippen LogP contribution in [-0.4, -0.2) is 41.7 Å². The third kappa shape index (κ3) is 4.22. The van der Waals surface area contributed by atoms with Crippen LogP contribution in [0.4, 0.5) is 0 Å². The average molecular weight is 325 g/mol. The predicted molar refractivity (Wildman–Crippen MR) is 88.8 cm³/mol. The van der Waals surface area contributed by atoms with Crippen LogP contribution in [-0.2, 0) is 4.79 Å². The molecule has 0 bridgehead atoms. The minimum absolute atomic E-state index is 0.0676. The highest BCUT2D eigenvalue weighted by atomic mass is 35.5. The van der Waals surface area contributed by atoms with Gasteiger partial charge in [0, 0.05) is 17.6 Å². The van der Waals surface area contributed by atoms with Gasteiger partial charge in [0.1, 0.15) is 0 Å². The highest BCUT2D eigenvalue weighted by Gasteiger charge is 2.34. The van der Waals surface area contributed by atoms with Gasteiger partial charge in [0.25, 0.3) is 0 Å². The number of hydrogen-bond acceptors (Lipinski definition) is 3. The first-order valence-electron chi connectivity index (χ1n) is 7.81. The molecule has 0 saturated carbocycles. The number of likely N-dealkylation sites (N-methyl/N-ethyl adjacent to an activating group) is 1. The molecule has 1 amide bonds. The van der Waals surface area contributed by atoms with Crippen molar-refractivity contribution in [1.82, 2.24) is 10.2 Å². The van der Waals surface area contributed by atoms with E-state index in [0.29, 0.717) is 5.02 Å². The van der Waals surface area contributed by atoms with Gasteiger partial charge in [-0.15, -0.1) is 0 Å². The summed E-state index contributed by atoms with van der Waals surface area (Å²) >= 11 is 5.95. The van der Waals surface area contributed by atoms with E-state index in [0.717, 1.165) is 18.5 Å². The minimum atomic E-state index is -0.590. The van der Waals surface area contributed by atoms with Crippen LogP contribution >= 0.6 is 11.6 Å². The molecule has 122 valence electrons. The highest BCUT2D eigenvalue weighted by molar-refractivity contribution is 6.30. The maximum absolute atomic E-state index is 12.1. The molecule has 0 aliphatic carbocycles. The molecule has 22 heavy (non-hydrogen) atoms. The van der Waals surface area contributed by atoms with Crippen molar-refractivity contribution in [2.45, 2.75) is 44.9 Å². The highest BCUT2D eigenvalue weighted by Crippen LogP contribution is 2.31. The van der Waals surface area contributed by atoms with Crippen molar-refractivity contribution >= 4 is 17.5 Å². The molecule has 0 radical (unpaired) electrons. The molecule has 2 N–H and O–H groups in total. The van der Waals surface area contributed by atoms with E-state index in [4.69, 9.17) is 11.6 Å². The molecule has 5 heteroatoms. The Labute approximate surface area is 137 Å². The number of likely N-dealkylation sites (tertiary alicyclic amines) is 1. The normalized spacial score (nSPS) is 23.7. The second kappa shape index (κ2) is 7.44. The van der Waals surface area contributed by atoms with Crippen LogP contribution in [0.1, 0.15) is 38.3 Å². The van der Waals surface area contributed by atoms with E-state index >= 15 is 0 Å². The zero-order valence-electron chi connectivity index (χ0n) is 13.4. The van der Waals surface area contributed by atoms with Crippen molar-refractivity contribution in [1.29, 1.82) is 0 Å². The van der Waals surface area contributed by atoms with Gasteiger partial charge in [-0.1, -0.05) is 37.6 Å². The molecule has 2 rings (SSSR count). The van der Waals surface area contributed by atoms with Crippen molar-refractivity contribution in [3.05, 3.63) is 34.9 Å². The molecule has 1 aromatic rings. The number of nitrogens with one attached hydrogen (secondary N) is 1. The lowest BCUT2D eigenvalue weighted by Crippen LogP contribution is -2.40. The molecular weight excluding hydrogens is 300 g/mol. The summed E-state index contributed by atoms with van der Waals surface area (Å²) in [5, 5.41) is 13.6. The van der Waals surface area contributed by atoms with Crippen molar-refractivity contribution in [3.63, 3.8) is 0 Å². The summed E-state index contributed by atoms with van der Waals surface area (Å²) in [6.07, 6.45) is 0.478. The van der Waals surface area contributed by atoms with E-state index in [-0.39, 0.29) is 30.3 Å². The largest absolute Gasteiger partial charge is 0.392 e. The number of carbonyl (C=O) groups is 1. The zero-order valence-corrected chi connectivity index (χ0v) is 14.2. The van der Waals surface area contributed by atoms with Crippen LogP contribution < -0.4 is 5.32 Å².